The summed E-state index contributed by atoms with van der Waals surface area (Å²) in [5.41, 5.74) is 5.07. The third kappa shape index (κ3) is 1.93. The lowest BCUT2D eigenvalue weighted by Gasteiger charge is -2.15. The summed E-state index contributed by atoms with van der Waals surface area (Å²) in [6.45, 7) is 0.0537. The average Bonchev–Trinajstić information content (AvgIpc) is 2.04. The number of nitrogens with two attached hydrogens (primary N) is 1. The largest absolute Gasteiger partial charge is 0.766 e. The fourth-order valence-corrected chi connectivity index (χ4v) is 1.10. The number of carbonyl (C=O) groups excluding carboxylic acids is 1. The lowest BCUT2D eigenvalue weighted by molar-refractivity contribution is -0.114. The Kier molecular flexibility index (Phi) is 2.61. The molecule has 5 nitrogen and oxygen atoms in total. The second kappa shape index (κ2) is 3.51. The fourth-order valence-electron chi connectivity index (χ4n) is 0.709. The summed E-state index contributed by atoms with van der Waals surface area (Å²) in [5.74, 6) is -0.666. The van der Waals surface area contributed by atoms with Gasteiger partial charge in [0.2, 0.25) is 5.91 Å². The first-order chi connectivity index (χ1) is 5.61. The van der Waals surface area contributed by atoms with Crippen LogP contribution < -0.4 is 5.73 Å². The van der Waals surface area contributed by atoms with E-state index in [1.807, 2.05) is 0 Å². The van der Waals surface area contributed by atoms with Crippen molar-refractivity contribution >= 4 is 17.0 Å². The Morgan fingerprint density at radius 1 is 1.75 bits per heavy atom. The van der Waals surface area contributed by atoms with Crippen molar-refractivity contribution in [2.75, 3.05) is 6.61 Å². The van der Waals surface area contributed by atoms with Crippen molar-refractivity contribution in [3.05, 3.63) is 22.8 Å². The van der Waals surface area contributed by atoms with E-state index in [0.29, 0.717) is 0 Å². The molecule has 1 amide bonds. The number of carbonyl (C=O) groups is 1. The molecule has 0 radical (unpaired) electrons. The Hall–Kier alpha value is -1.14. The molecule has 2 N–H and O–H groups in total. The molecule has 0 saturated heterocycles. The van der Waals surface area contributed by atoms with Gasteiger partial charge in [-0.15, -0.1) is 0 Å². The van der Waals surface area contributed by atoms with Crippen molar-refractivity contribution in [3.8, 4) is 0 Å². The number of primary amides is 1. The van der Waals surface area contributed by atoms with E-state index in [-0.39, 0.29) is 17.3 Å². The van der Waals surface area contributed by atoms with E-state index in [2.05, 4.69) is 4.74 Å². The van der Waals surface area contributed by atoms with E-state index >= 15 is 0 Å². The van der Waals surface area contributed by atoms with Crippen LogP contribution in [0.25, 0.3) is 0 Å². The summed E-state index contributed by atoms with van der Waals surface area (Å²) in [7, 11) is 0. The molecule has 0 aromatic rings. The van der Waals surface area contributed by atoms with Gasteiger partial charge in [0.05, 0.1) is 0 Å². The van der Waals surface area contributed by atoms with E-state index in [9.17, 15) is 13.6 Å². The fraction of sp³-hybridized carbons (Fsp3) is 0.167. The van der Waals surface area contributed by atoms with Crippen molar-refractivity contribution < 1.29 is 18.3 Å². The van der Waals surface area contributed by atoms with E-state index in [1.54, 1.807) is 0 Å². The summed E-state index contributed by atoms with van der Waals surface area (Å²) >= 11 is -2.45. The van der Waals surface area contributed by atoms with Crippen LogP contribution in [0.4, 0.5) is 0 Å². The molecule has 1 aliphatic rings. The van der Waals surface area contributed by atoms with Gasteiger partial charge in [0.25, 0.3) is 0 Å². The Bertz CT molecular complexity index is 294. The number of hydrogen-bond donors (Lipinski definition) is 1. The summed E-state index contributed by atoms with van der Waals surface area (Å²) in [4.78, 5) is 10.6. The minimum atomic E-state index is -2.45. The van der Waals surface area contributed by atoms with E-state index < -0.39 is 17.0 Å². The highest BCUT2D eigenvalue weighted by atomic mass is 32.2. The molecule has 0 fully saturated rings. The molecule has 1 aliphatic heterocycles. The molecule has 1 atom stereocenters. The van der Waals surface area contributed by atoms with Gasteiger partial charge in [-0.05, 0) is 6.08 Å². The molecule has 1 rings (SSSR count). The maximum absolute atomic E-state index is 10.6. The van der Waals surface area contributed by atoms with Crippen LogP contribution in [0, 0.1) is 0 Å². The van der Waals surface area contributed by atoms with Gasteiger partial charge in [-0.1, -0.05) is 0 Å². The molecule has 0 bridgehead atoms. The van der Waals surface area contributed by atoms with Crippen LogP contribution in [-0.4, -0.2) is 21.3 Å². The number of hydrogen-bond acceptors (Lipinski definition) is 4. The van der Waals surface area contributed by atoms with Crippen LogP contribution in [0.3, 0.4) is 0 Å². The van der Waals surface area contributed by atoms with Crippen molar-refractivity contribution in [1.29, 1.82) is 0 Å². The summed E-state index contributed by atoms with van der Waals surface area (Å²) in [6, 6.07) is 0. The number of amides is 1. The van der Waals surface area contributed by atoms with Crippen LogP contribution in [0.2, 0.25) is 0 Å². The molecule has 0 saturated carbocycles. The smallest absolute Gasteiger partial charge is 0.248 e. The van der Waals surface area contributed by atoms with Crippen LogP contribution in [-0.2, 0) is 20.6 Å². The van der Waals surface area contributed by atoms with Gasteiger partial charge in [-0.2, -0.15) is 0 Å². The van der Waals surface area contributed by atoms with Gasteiger partial charge in [0.15, 0.2) is 5.09 Å². The zero-order chi connectivity index (χ0) is 9.14. The third-order valence-corrected chi connectivity index (χ3v) is 1.82. The highest BCUT2D eigenvalue weighted by molar-refractivity contribution is 7.83. The highest BCUT2D eigenvalue weighted by Gasteiger charge is 2.10. The van der Waals surface area contributed by atoms with E-state index in [4.69, 9.17) is 5.73 Å². The maximum Gasteiger partial charge on any atom is 0.248 e. The molecule has 6 heteroatoms. The van der Waals surface area contributed by atoms with Crippen LogP contribution in [0.15, 0.2) is 22.8 Å². The lowest BCUT2D eigenvalue weighted by atomic mass is 10.2. The molecule has 0 spiro atoms. The minimum absolute atomic E-state index is 0.0537. The second-order valence-corrected chi connectivity index (χ2v) is 2.90. The predicted molar refractivity (Wildman–Crippen MR) is 40.2 cm³/mol. The summed E-state index contributed by atoms with van der Waals surface area (Å²) in [5, 5.41) is -0.258. The van der Waals surface area contributed by atoms with Crippen molar-refractivity contribution in [3.63, 3.8) is 0 Å². The van der Waals surface area contributed by atoms with E-state index in [0.717, 1.165) is 6.08 Å². The molecule has 0 aromatic carbocycles. The van der Waals surface area contributed by atoms with Gasteiger partial charge in [0, 0.05) is 22.7 Å². The predicted octanol–water partition coefficient (Wildman–Crippen LogP) is -0.851. The SMILES string of the molecule is NC(=O)C1=CCOC(S(=O)[O-])=C1. The van der Waals surface area contributed by atoms with E-state index in [1.165, 1.54) is 6.08 Å². The molecule has 12 heavy (non-hydrogen) atoms. The monoisotopic (exact) mass is 188 g/mol. The zero-order valence-corrected chi connectivity index (χ0v) is 6.80. The van der Waals surface area contributed by atoms with Crippen molar-refractivity contribution in [2.45, 2.75) is 0 Å². The summed E-state index contributed by atoms with van der Waals surface area (Å²) in [6.07, 6.45) is 2.51. The molecule has 0 aromatic heterocycles. The van der Waals surface area contributed by atoms with Gasteiger partial charge in [-0.3, -0.25) is 9.00 Å². The maximum atomic E-state index is 10.6. The van der Waals surface area contributed by atoms with Crippen LogP contribution >= 0.6 is 0 Å². The van der Waals surface area contributed by atoms with Gasteiger partial charge in [0.1, 0.15) is 6.61 Å². The first-order valence-electron chi connectivity index (χ1n) is 3.05. The highest BCUT2D eigenvalue weighted by Crippen LogP contribution is 2.12. The Labute approximate surface area is 71.2 Å². The zero-order valence-electron chi connectivity index (χ0n) is 5.98. The second-order valence-electron chi connectivity index (χ2n) is 2.03. The molecular weight excluding hydrogens is 182 g/mol. The molecule has 66 valence electrons. The first-order valence-corrected chi connectivity index (χ1v) is 4.12. The lowest BCUT2D eigenvalue weighted by Crippen LogP contribution is -2.17. The minimum Gasteiger partial charge on any atom is -0.766 e. The topological polar surface area (TPSA) is 92.5 Å². The normalized spacial score (nSPS) is 18.8. The molecular formula is C6H6NO4S-. The Balaban J connectivity index is 2.88. The van der Waals surface area contributed by atoms with Gasteiger partial charge in [-0.25, -0.2) is 0 Å². The number of ether oxygens (including phenoxy) is 1. The first kappa shape index (κ1) is 8.95. The Morgan fingerprint density at radius 2 is 2.42 bits per heavy atom. The van der Waals surface area contributed by atoms with Crippen LogP contribution in [0.1, 0.15) is 0 Å². The van der Waals surface area contributed by atoms with Crippen molar-refractivity contribution in [2.24, 2.45) is 5.73 Å². The molecule has 1 unspecified atom stereocenters. The standard InChI is InChI=1S/C6H7NO4S/c7-6(8)4-1-2-11-5(3-4)12(9)10/h1,3H,2H2,(H2,7,8)(H,9,10)/p-1. The number of rotatable bonds is 2. The summed E-state index contributed by atoms with van der Waals surface area (Å²) < 4.78 is 25.4. The third-order valence-electron chi connectivity index (χ3n) is 1.25. The Morgan fingerprint density at radius 3 is 2.92 bits per heavy atom. The van der Waals surface area contributed by atoms with Crippen LogP contribution in [0.5, 0.6) is 0 Å². The van der Waals surface area contributed by atoms with Gasteiger partial charge >= 0.3 is 0 Å². The molecule has 1 heterocycles. The molecule has 0 aliphatic carbocycles. The van der Waals surface area contributed by atoms with Gasteiger partial charge < -0.3 is 15.0 Å². The quantitative estimate of drug-likeness (QED) is 0.571. The average molecular weight is 188 g/mol. The van der Waals surface area contributed by atoms with Crippen molar-refractivity contribution in [1.82, 2.24) is 0 Å².